The van der Waals surface area contributed by atoms with Gasteiger partial charge in [-0.05, 0) is 38.0 Å². The van der Waals surface area contributed by atoms with Gasteiger partial charge in [-0.25, -0.2) is 13.2 Å². The molecule has 7 heteroatoms. The van der Waals surface area contributed by atoms with E-state index in [-0.39, 0.29) is 21.8 Å². The molecule has 21 heavy (non-hydrogen) atoms. The van der Waals surface area contributed by atoms with Gasteiger partial charge in [0, 0.05) is 17.9 Å². The second kappa shape index (κ2) is 5.00. The van der Waals surface area contributed by atoms with Crippen LogP contribution in [0, 0.1) is 20.8 Å². The predicted molar refractivity (Wildman–Crippen MR) is 76.2 cm³/mol. The summed E-state index contributed by atoms with van der Waals surface area (Å²) in [5.74, 6) is -0.871. The topological polar surface area (TPSA) is 97.5 Å². The smallest absolute Gasteiger partial charge is 0.335 e. The number of carboxylic acids is 1. The van der Waals surface area contributed by atoms with Crippen molar-refractivity contribution in [1.29, 1.82) is 0 Å². The standard InChI is InChI=1S/C14H15NO5S/c1-7-5-10(14(16)17)9(3)12(13(7)21(4,18)19)11-6-8(2)15-20-11/h5-6H,1-4H3,(H,16,17). The Labute approximate surface area is 122 Å². The summed E-state index contributed by atoms with van der Waals surface area (Å²) in [6.45, 7) is 4.83. The lowest BCUT2D eigenvalue weighted by atomic mass is 9.97. The Morgan fingerprint density at radius 3 is 2.29 bits per heavy atom. The summed E-state index contributed by atoms with van der Waals surface area (Å²) in [5, 5.41) is 13.0. The first-order chi connectivity index (χ1) is 9.62. The summed E-state index contributed by atoms with van der Waals surface area (Å²) >= 11 is 0. The molecule has 0 aliphatic carbocycles. The summed E-state index contributed by atoms with van der Waals surface area (Å²) in [7, 11) is -3.55. The van der Waals surface area contributed by atoms with Gasteiger partial charge >= 0.3 is 5.97 Å². The van der Waals surface area contributed by atoms with E-state index in [1.54, 1.807) is 26.8 Å². The number of benzene rings is 1. The molecule has 0 bridgehead atoms. The van der Waals surface area contributed by atoms with Crippen LogP contribution in [-0.4, -0.2) is 30.9 Å². The molecule has 1 heterocycles. The first-order valence-electron chi connectivity index (χ1n) is 6.14. The summed E-state index contributed by atoms with van der Waals surface area (Å²) in [6.07, 6.45) is 1.09. The number of aryl methyl sites for hydroxylation is 2. The van der Waals surface area contributed by atoms with Crippen LogP contribution in [0.1, 0.15) is 27.2 Å². The largest absolute Gasteiger partial charge is 0.478 e. The number of aromatic nitrogens is 1. The summed E-state index contributed by atoms with van der Waals surface area (Å²) in [6, 6.07) is 2.95. The first-order valence-corrected chi connectivity index (χ1v) is 8.03. The molecule has 0 aliphatic rings. The lowest BCUT2D eigenvalue weighted by Crippen LogP contribution is -2.09. The van der Waals surface area contributed by atoms with Crippen LogP contribution in [0.5, 0.6) is 0 Å². The molecule has 0 unspecified atom stereocenters. The highest BCUT2D eigenvalue weighted by molar-refractivity contribution is 7.90. The maximum atomic E-state index is 12.1. The Bertz CT molecular complexity index is 833. The lowest BCUT2D eigenvalue weighted by molar-refractivity contribution is 0.0696. The Morgan fingerprint density at radius 1 is 1.24 bits per heavy atom. The molecule has 1 N–H and O–H groups in total. The van der Waals surface area contributed by atoms with Crippen molar-refractivity contribution in [2.45, 2.75) is 25.7 Å². The highest BCUT2D eigenvalue weighted by atomic mass is 32.2. The van der Waals surface area contributed by atoms with Crippen molar-refractivity contribution in [3.63, 3.8) is 0 Å². The van der Waals surface area contributed by atoms with E-state index < -0.39 is 15.8 Å². The molecule has 0 fully saturated rings. The summed E-state index contributed by atoms with van der Waals surface area (Å²) in [5.41, 5.74) is 1.59. The zero-order valence-corrected chi connectivity index (χ0v) is 12.9. The fourth-order valence-corrected chi connectivity index (χ4v) is 3.64. The van der Waals surface area contributed by atoms with Crippen molar-refractivity contribution >= 4 is 15.8 Å². The van der Waals surface area contributed by atoms with E-state index in [0.29, 0.717) is 16.8 Å². The minimum Gasteiger partial charge on any atom is -0.478 e. The number of rotatable bonds is 3. The van der Waals surface area contributed by atoms with E-state index in [2.05, 4.69) is 5.16 Å². The third kappa shape index (κ3) is 2.69. The van der Waals surface area contributed by atoms with Gasteiger partial charge < -0.3 is 9.63 Å². The molecule has 0 amide bonds. The minimum absolute atomic E-state index is 0.0453. The van der Waals surface area contributed by atoms with Crippen LogP contribution in [0.15, 0.2) is 21.6 Å². The molecule has 1 aromatic carbocycles. The van der Waals surface area contributed by atoms with Gasteiger partial charge in [0.15, 0.2) is 15.6 Å². The van der Waals surface area contributed by atoms with Gasteiger partial charge in [-0.3, -0.25) is 0 Å². The molecule has 0 radical (unpaired) electrons. The molecule has 2 aromatic rings. The highest BCUT2D eigenvalue weighted by Gasteiger charge is 2.26. The highest BCUT2D eigenvalue weighted by Crippen LogP contribution is 2.35. The van der Waals surface area contributed by atoms with Crippen LogP contribution in [-0.2, 0) is 9.84 Å². The van der Waals surface area contributed by atoms with Gasteiger partial charge in [0.1, 0.15) is 0 Å². The molecule has 2 rings (SSSR count). The number of nitrogens with zero attached hydrogens (tertiary/aromatic N) is 1. The second-order valence-electron chi connectivity index (χ2n) is 4.98. The molecule has 112 valence electrons. The lowest BCUT2D eigenvalue weighted by Gasteiger charge is -2.14. The molecular formula is C14H15NO5S. The normalized spacial score (nSPS) is 11.6. The van der Waals surface area contributed by atoms with Gasteiger partial charge in [0.05, 0.1) is 16.2 Å². The molecule has 0 atom stereocenters. The molecule has 0 saturated carbocycles. The average Bonchev–Trinajstić information content (AvgIpc) is 2.75. The van der Waals surface area contributed by atoms with Crippen LogP contribution in [0.2, 0.25) is 0 Å². The Hall–Kier alpha value is -2.15. The number of carboxylic acid groups (broad SMARTS) is 1. The van der Waals surface area contributed by atoms with Crippen molar-refractivity contribution in [2.24, 2.45) is 0 Å². The monoisotopic (exact) mass is 309 g/mol. The van der Waals surface area contributed by atoms with Crippen molar-refractivity contribution in [3.05, 3.63) is 34.5 Å². The second-order valence-corrected chi connectivity index (χ2v) is 6.93. The van der Waals surface area contributed by atoms with E-state index in [4.69, 9.17) is 4.52 Å². The third-order valence-electron chi connectivity index (χ3n) is 3.20. The van der Waals surface area contributed by atoms with E-state index in [9.17, 15) is 18.3 Å². The zero-order chi connectivity index (χ0) is 15.9. The maximum Gasteiger partial charge on any atom is 0.335 e. The number of sulfone groups is 1. The van der Waals surface area contributed by atoms with Crippen LogP contribution >= 0.6 is 0 Å². The third-order valence-corrected chi connectivity index (χ3v) is 4.47. The molecular weight excluding hydrogens is 294 g/mol. The van der Waals surface area contributed by atoms with Crippen molar-refractivity contribution < 1.29 is 22.8 Å². The summed E-state index contributed by atoms with van der Waals surface area (Å²) < 4.78 is 29.3. The van der Waals surface area contributed by atoms with Crippen molar-refractivity contribution in [2.75, 3.05) is 6.26 Å². The van der Waals surface area contributed by atoms with Gasteiger partial charge in [0.25, 0.3) is 0 Å². The number of hydrogen-bond acceptors (Lipinski definition) is 5. The number of aromatic carboxylic acids is 1. The van der Waals surface area contributed by atoms with E-state index >= 15 is 0 Å². The van der Waals surface area contributed by atoms with Crippen LogP contribution < -0.4 is 0 Å². The van der Waals surface area contributed by atoms with E-state index in [0.717, 1.165) is 6.26 Å². The Kier molecular flexibility index (Phi) is 3.63. The first kappa shape index (κ1) is 15.2. The quantitative estimate of drug-likeness (QED) is 0.934. The molecule has 6 nitrogen and oxygen atoms in total. The van der Waals surface area contributed by atoms with Gasteiger partial charge in [-0.2, -0.15) is 0 Å². The predicted octanol–water partition coefficient (Wildman–Crippen LogP) is 2.37. The zero-order valence-electron chi connectivity index (χ0n) is 12.1. The average molecular weight is 309 g/mol. The SMILES string of the molecule is Cc1cc(-c2c(C)c(C(=O)O)cc(C)c2S(C)(=O)=O)on1. The minimum atomic E-state index is -3.55. The van der Waals surface area contributed by atoms with Crippen LogP contribution in [0.25, 0.3) is 11.3 Å². The molecule has 0 spiro atoms. The Morgan fingerprint density at radius 2 is 1.86 bits per heavy atom. The summed E-state index contributed by atoms with van der Waals surface area (Å²) in [4.78, 5) is 11.4. The van der Waals surface area contributed by atoms with Crippen molar-refractivity contribution in [1.82, 2.24) is 5.16 Å². The van der Waals surface area contributed by atoms with Gasteiger partial charge in [0.2, 0.25) is 0 Å². The number of carbonyl (C=O) groups is 1. The van der Waals surface area contributed by atoms with Gasteiger partial charge in [-0.1, -0.05) is 5.16 Å². The fourth-order valence-electron chi connectivity index (χ4n) is 2.37. The number of hydrogen-bond donors (Lipinski definition) is 1. The van der Waals surface area contributed by atoms with E-state index in [1.807, 2.05) is 0 Å². The van der Waals surface area contributed by atoms with Gasteiger partial charge in [-0.15, -0.1) is 0 Å². The van der Waals surface area contributed by atoms with Crippen molar-refractivity contribution in [3.8, 4) is 11.3 Å². The fraction of sp³-hybridized carbons (Fsp3) is 0.286. The molecule has 0 aliphatic heterocycles. The van der Waals surface area contributed by atoms with E-state index in [1.165, 1.54) is 6.07 Å². The molecule has 0 saturated heterocycles. The van der Waals surface area contributed by atoms with Crippen LogP contribution in [0.4, 0.5) is 0 Å². The Balaban J connectivity index is 2.96. The van der Waals surface area contributed by atoms with Crippen LogP contribution in [0.3, 0.4) is 0 Å². The molecule has 1 aromatic heterocycles. The maximum absolute atomic E-state index is 12.1.